The molecule has 1 N–H and O–H groups in total. The molecule has 0 amide bonds. The topological polar surface area (TPSA) is 58.5 Å². The molecule has 3 heterocycles. The average molecular weight is 299 g/mol. The number of rotatable bonds is 4. The van der Waals surface area contributed by atoms with Crippen molar-refractivity contribution in [1.82, 2.24) is 14.9 Å². The van der Waals surface area contributed by atoms with Crippen LogP contribution in [0.1, 0.15) is 18.1 Å². The minimum absolute atomic E-state index is 0.107. The van der Waals surface area contributed by atoms with Crippen molar-refractivity contribution in [2.75, 3.05) is 26.3 Å². The third-order valence-corrected chi connectivity index (χ3v) is 4.40. The SMILES string of the molecule is CC(N1CCOCC1)C(O)(c1cccnc1)c1cccnc1. The van der Waals surface area contributed by atoms with Crippen LogP contribution in [0.25, 0.3) is 0 Å². The van der Waals surface area contributed by atoms with Gasteiger partial charge in [-0.05, 0) is 19.1 Å². The van der Waals surface area contributed by atoms with Gasteiger partial charge < -0.3 is 9.84 Å². The second-order valence-electron chi connectivity index (χ2n) is 5.57. The first-order chi connectivity index (χ1) is 10.7. The Morgan fingerprint density at radius 1 is 1.09 bits per heavy atom. The molecule has 22 heavy (non-hydrogen) atoms. The second kappa shape index (κ2) is 6.52. The van der Waals surface area contributed by atoms with E-state index in [1.807, 2.05) is 31.2 Å². The molecule has 5 nitrogen and oxygen atoms in total. The number of ether oxygens (including phenoxy) is 1. The average Bonchev–Trinajstić information content (AvgIpc) is 2.62. The Morgan fingerprint density at radius 3 is 2.09 bits per heavy atom. The van der Waals surface area contributed by atoms with E-state index in [2.05, 4.69) is 14.9 Å². The Labute approximate surface area is 130 Å². The van der Waals surface area contributed by atoms with Crippen LogP contribution in [-0.4, -0.2) is 52.3 Å². The van der Waals surface area contributed by atoms with Gasteiger partial charge in [0.15, 0.2) is 0 Å². The zero-order valence-electron chi connectivity index (χ0n) is 12.7. The third-order valence-electron chi connectivity index (χ3n) is 4.40. The van der Waals surface area contributed by atoms with Crippen LogP contribution in [0.4, 0.5) is 0 Å². The zero-order valence-corrected chi connectivity index (χ0v) is 12.7. The minimum atomic E-state index is -1.15. The summed E-state index contributed by atoms with van der Waals surface area (Å²) >= 11 is 0. The van der Waals surface area contributed by atoms with Crippen molar-refractivity contribution in [2.24, 2.45) is 0 Å². The Hall–Kier alpha value is -1.82. The summed E-state index contributed by atoms with van der Waals surface area (Å²) < 4.78 is 5.43. The van der Waals surface area contributed by atoms with Crippen molar-refractivity contribution in [3.05, 3.63) is 60.2 Å². The first-order valence-corrected chi connectivity index (χ1v) is 7.58. The van der Waals surface area contributed by atoms with E-state index >= 15 is 0 Å². The molecule has 0 spiro atoms. The monoisotopic (exact) mass is 299 g/mol. The molecule has 0 aliphatic carbocycles. The molecule has 1 atom stereocenters. The summed E-state index contributed by atoms with van der Waals surface area (Å²) in [6.45, 7) is 5.06. The van der Waals surface area contributed by atoms with Crippen LogP contribution in [0.3, 0.4) is 0 Å². The van der Waals surface area contributed by atoms with Crippen LogP contribution in [0, 0.1) is 0 Å². The highest BCUT2D eigenvalue weighted by Crippen LogP contribution is 2.35. The summed E-state index contributed by atoms with van der Waals surface area (Å²) in [7, 11) is 0. The summed E-state index contributed by atoms with van der Waals surface area (Å²) in [5.74, 6) is 0. The molecule has 1 aliphatic rings. The summed E-state index contributed by atoms with van der Waals surface area (Å²) in [5.41, 5.74) is 0.406. The predicted octanol–water partition coefficient (Wildman–Crippen LogP) is 1.43. The van der Waals surface area contributed by atoms with Crippen molar-refractivity contribution in [2.45, 2.75) is 18.6 Å². The number of hydrogen-bond donors (Lipinski definition) is 1. The van der Waals surface area contributed by atoms with Gasteiger partial charge in [-0.3, -0.25) is 14.9 Å². The molecule has 0 saturated carbocycles. The maximum Gasteiger partial charge on any atom is 0.133 e. The second-order valence-corrected chi connectivity index (χ2v) is 5.57. The van der Waals surface area contributed by atoms with Gasteiger partial charge in [0.1, 0.15) is 5.60 Å². The van der Waals surface area contributed by atoms with Gasteiger partial charge in [0.05, 0.1) is 13.2 Å². The fourth-order valence-electron chi connectivity index (χ4n) is 3.05. The van der Waals surface area contributed by atoms with Gasteiger partial charge >= 0.3 is 0 Å². The molecule has 0 aromatic carbocycles. The first kappa shape index (κ1) is 15.1. The van der Waals surface area contributed by atoms with Crippen molar-refractivity contribution >= 4 is 0 Å². The van der Waals surface area contributed by atoms with Gasteiger partial charge in [0.2, 0.25) is 0 Å². The molecule has 0 radical (unpaired) electrons. The summed E-state index contributed by atoms with van der Waals surface area (Å²) in [6.07, 6.45) is 6.88. The first-order valence-electron chi connectivity index (χ1n) is 7.58. The van der Waals surface area contributed by atoms with Crippen LogP contribution in [0.5, 0.6) is 0 Å². The highest BCUT2D eigenvalue weighted by molar-refractivity contribution is 5.35. The molecule has 1 saturated heterocycles. The largest absolute Gasteiger partial charge is 0.379 e. The van der Waals surface area contributed by atoms with E-state index < -0.39 is 5.60 Å². The lowest BCUT2D eigenvalue weighted by molar-refractivity contribution is -0.0534. The Morgan fingerprint density at radius 2 is 1.64 bits per heavy atom. The van der Waals surface area contributed by atoms with Crippen LogP contribution in [0.15, 0.2) is 49.1 Å². The lowest BCUT2D eigenvalue weighted by atomic mass is 9.81. The molecule has 2 aromatic rings. The van der Waals surface area contributed by atoms with Gasteiger partial charge in [-0.15, -0.1) is 0 Å². The predicted molar refractivity (Wildman–Crippen MR) is 83.3 cm³/mol. The molecular formula is C17H21N3O2. The molecule has 1 unspecified atom stereocenters. The summed E-state index contributed by atoms with van der Waals surface area (Å²) in [4.78, 5) is 10.6. The highest BCUT2D eigenvalue weighted by atomic mass is 16.5. The molecule has 2 aromatic heterocycles. The minimum Gasteiger partial charge on any atom is -0.379 e. The maximum atomic E-state index is 11.6. The lowest BCUT2D eigenvalue weighted by Crippen LogP contribution is -2.53. The Balaban J connectivity index is 2.03. The van der Waals surface area contributed by atoms with Crippen LogP contribution < -0.4 is 0 Å². The van der Waals surface area contributed by atoms with Crippen molar-refractivity contribution in [1.29, 1.82) is 0 Å². The van der Waals surface area contributed by atoms with Crippen molar-refractivity contribution in [3.63, 3.8) is 0 Å². The number of morpholine rings is 1. The number of aliphatic hydroxyl groups is 1. The molecular weight excluding hydrogens is 278 g/mol. The van der Waals surface area contributed by atoms with Gasteiger partial charge in [-0.2, -0.15) is 0 Å². The Bertz CT molecular complexity index is 546. The van der Waals surface area contributed by atoms with E-state index in [4.69, 9.17) is 4.74 Å². The van der Waals surface area contributed by atoms with Crippen LogP contribution >= 0.6 is 0 Å². The smallest absolute Gasteiger partial charge is 0.133 e. The maximum absolute atomic E-state index is 11.6. The van der Waals surface area contributed by atoms with E-state index in [9.17, 15) is 5.11 Å². The zero-order chi connectivity index (χ0) is 15.4. The molecule has 1 fully saturated rings. The van der Waals surface area contributed by atoms with Gasteiger partial charge in [-0.1, -0.05) is 12.1 Å². The third kappa shape index (κ3) is 2.75. The number of hydrogen-bond acceptors (Lipinski definition) is 5. The van der Waals surface area contributed by atoms with E-state index in [1.165, 1.54) is 0 Å². The lowest BCUT2D eigenvalue weighted by Gasteiger charge is -2.42. The highest BCUT2D eigenvalue weighted by Gasteiger charge is 2.41. The van der Waals surface area contributed by atoms with E-state index in [0.717, 1.165) is 24.2 Å². The van der Waals surface area contributed by atoms with Crippen LogP contribution in [-0.2, 0) is 10.3 Å². The fourth-order valence-corrected chi connectivity index (χ4v) is 3.05. The molecule has 5 heteroatoms. The van der Waals surface area contributed by atoms with E-state index in [-0.39, 0.29) is 6.04 Å². The van der Waals surface area contributed by atoms with E-state index in [1.54, 1.807) is 24.8 Å². The van der Waals surface area contributed by atoms with Gasteiger partial charge in [0, 0.05) is 55.0 Å². The van der Waals surface area contributed by atoms with Gasteiger partial charge in [0.25, 0.3) is 0 Å². The molecule has 116 valence electrons. The fraction of sp³-hybridized carbons (Fsp3) is 0.412. The Kier molecular flexibility index (Phi) is 4.47. The van der Waals surface area contributed by atoms with Gasteiger partial charge in [-0.25, -0.2) is 0 Å². The number of nitrogens with zero attached hydrogens (tertiary/aromatic N) is 3. The summed E-state index contributed by atoms with van der Waals surface area (Å²) in [6, 6.07) is 7.42. The quantitative estimate of drug-likeness (QED) is 0.925. The molecule has 3 rings (SSSR count). The van der Waals surface area contributed by atoms with E-state index in [0.29, 0.717) is 13.2 Å². The number of aromatic nitrogens is 2. The standard InChI is InChI=1S/C17H21N3O2/c1-14(20-8-10-22-11-9-20)17(21,15-4-2-6-18-12-15)16-5-3-7-19-13-16/h2-7,12-14,21H,8-11H2,1H3. The number of pyridine rings is 2. The van der Waals surface area contributed by atoms with Crippen molar-refractivity contribution < 1.29 is 9.84 Å². The van der Waals surface area contributed by atoms with Crippen LogP contribution in [0.2, 0.25) is 0 Å². The normalized spacial score (nSPS) is 18.1. The molecule has 0 bridgehead atoms. The van der Waals surface area contributed by atoms with Crippen molar-refractivity contribution in [3.8, 4) is 0 Å². The summed E-state index contributed by atoms with van der Waals surface area (Å²) in [5, 5.41) is 11.6. The molecule has 1 aliphatic heterocycles.